The van der Waals surface area contributed by atoms with Gasteiger partial charge in [0, 0.05) is 43.9 Å². The molecular formula is C20H26FN3O. The normalized spacial score (nSPS) is 35.1. The maximum absolute atomic E-state index is 13.2. The number of nitrogens with zero attached hydrogens (tertiary/aromatic N) is 2. The number of aliphatic imine (C=N–C) groups is 1. The van der Waals surface area contributed by atoms with Crippen LogP contribution in [0.3, 0.4) is 0 Å². The molecule has 0 radical (unpaired) electrons. The molecule has 5 heteroatoms. The van der Waals surface area contributed by atoms with E-state index in [1.165, 1.54) is 18.4 Å². The van der Waals surface area contributed by atoms with Gasteiger partial charge in [-0.15, -0.1) is 0 Å². The Morgan fingerprint density at radius 1 is 1.20 bits per heavy atom. The number of benzene rings is 1. The Morgan fingerprint density at radius 2 is 1.84 bits per heavy atom. The van der Waals surface area contributed by atoms with Gasteiger partial charge < -0.3 is 15.0 Å². The van der Waals surface area contributed by atoms with Crippen LogP contribution in [0.15, 0.2) is 29.3 Å². The van der Waals surface area contributed by atoms with Gasteiger partial charge >= 0.3 is 0 Å². The topological polar surface area (TPSA) is 36.9 Å². The molecule has 1 aliphatic carbocycles. The van der Waals surface area contributed by atoms with E-state index < -0.39 is 0 Å². The van der Waals surface area contributed by atoms with Crippen molar-refractivity contribution in [3.63, 3.8) is 0 Å². The SMILES string of the molecule is CN=C(NCC1(c2ccc(F)cc2)CC1)N1CC2C3CCC(O3)C2C1. The van der Waals surface area contributed by atoms with Gasteiger partial charge in [0.2, 0.25) is 0 Å². The van der Waals surface area contributed by atoms with E-state index in [-0.39, 0.29) is 11.2 Å². The number of halogens is 1. The van der Waals surface area contributed by atoms with E-state index in [2.05, 4.69) is 15.2 Å². The number of nitrogens with one attached hydrogen (secondary N) is 1. The summed E-state index contributed by atoms with van der Waals surface area (Å²) in [6.45, 7) is 3.00. The number of hydrogen-bond acceptors (Lipinski definition) is 2. The summed E-state index contributed by atoms with van der Waals surface area (Å²) < 4.78 is 19.3. The Morgan fingerprint density at radius 3 is 2.40 bits per heavy atom. The van der Waals surface area contributed by atoms with Crippen molar-refractivity contribution < 1.29 is 9.13 Å². The van der Waals surface area contributed by atoms with Crippen molar-refractivity contribution in [3.05, 3.63) is 35.6 Å². The lowest BCUT2D eigenvalue weighted by Crippen LogP contribution is -2.44. The monoisotopic (exact) mass is 343 g/mol. The number of fused-ring (bicyclic) bond motifs is 5. The highest BCUT2D eigenvalue weighted by molar-refractivity contribution is 5.80. The second-order valence-electron chi connectivity index (χ2n) is 8.21. The zero-order valence-corrected chi connectivity index (χ0v) is 14.7. The molecule has 1 aromatic rings. The molecule has 4 atom stereocenters. The molecular weight excluding hydrogens is 317 g/mol. The predicted octanol–water partition coefficient (Wildman–Crippen LogP) is 2.54. The fraction of sp³-hybridized carbons (Fsp3) is 0.650. The molecule has 0 amide bonds. The lowest BCUT2D eigenvalue weighted by Gasteiger charge is -2.25. The molecule has 0 aromatic heterocycles. The molecule has 4 unspecified atom stereocenters. The first-order valence-corrected chi connectivity index (χ1v) is 9.56. The average Bonchev–Trinajstić information content (AvgIpc) is 2.99. The van der Waals surface area contributed by atoms with Crippen LogP contribution in [0.25, 0.3) is 0 Å². The number of rotatable bonds is 3. The zero-order valence-electron chi connectivity index (χ0n) is 14.7. The molecule has 4 aliphatic rings. The van der Waals surface area contributed by atoms with E-state index >= 15 is 0 Å². The zero-order chi connectivity index (χ0) is 17.0. The quantitative estimate of drug-likeness (QED) is 0.677. The second kappa shape index (κ2) is 5.70. The van der Waals surface area contributed by atoms with Gasteiger partial charge in [-0.05, 0) is 43.4 Å². The van der Waals surface area contributed by atoms with Crippen LogP contribution in [0, 0.1) is 17.7 Å². The summed E-state index contributed by atoms with van der Waals surface area (Å²) >= 11 is 0. The molecule has 25 heavy (non-hydrogen) atoms. The van der Waals surface area contributed by atoms with Crippen LogP contribution >= 0.6 is 0 Å². The van der Waals surface area contributed by atoms with Gasteiger partial charge in [0.25, 0.3) is 0 Å². The molecule has 4 nitrogen and oxygen atoms in total. The van der Waals surface area contributed by atoms with Gasteiger partial charge in [-0.3, -0.25) is 4.99 Å². The van der Waals surface area contributed by atoms with E-state index in [4.69, 9.17) is 4.74 Å². The van der Waals surface area contributed by atoms with E-state index in [0.717, 1.165) is 38.4 Å². The Kier molecular flexibility index (Phi) is 3.56. The van der Waals surface area contributed by atoms with Crippen LogP contribution < -0.4 is 5.32 Å². The van der Waals surface area contributed by atoms with E-state index in [0.29, 0.717) is 24.0 Å². The summed E-state index contributed by atoms with van der Waals surface area (Å²) in [5.74, 6) is 2.22. The minimum absolute atomic E-state index is 0.154. The Bertz CT molecular complexity index is 667. The fourth-order valence-corrected chi connectivity index (χ4v) is 5.24. The van der Waals surface area contributed by atoms with Crippen molar-refractivity contribution in [3.8, 4) is 0 Å². The van der Waals surface area contributed by atoms with Crippen LogP contribution in [-0.2, 0) is 10.2 Å². The van der Waals surface area contributed by atoms with Gasteiger partial charge in [0.05, 0.1) is 12.2 Å². The van der Waals surface area contributed by atoms with Crippen LogP contribution in [0.4, 0.5) is 4.39 Å². The van der Waals surface area contributed by atoms with Crippen molar-refractivity contribution in [1.29, 1.82) is 0 Å². The van der Waals surface area contributed by atoms with E-state index in [1.54, 1.807) is 12.1 Å². The number of guanidine groups is 1. The maximum Gasteiger partial charge on any atom is 0.193 e. The first kappa shape index (κ1) is 15.6. The first-order chi connectivity index (χ1) is 12.2. The summed E-state index contributed by atoms with van der Waals surface area (Å²) in [5.41, 5.74) is 1.39. The van der Waals surface area contributed by atoms with Crippen molar-refractivity contribution in [2.75, 3.05) is 26.7 Å². The molecule has 5 rings (SSSR count). The third-order valence-corrected chi connectivity index (χ3v) is 6.86. The van der Waals surface area contributed by atoms with Crippen LogP contribution in [-0.4, -0.2) is 49.7 Å². The molecule has 1 aromatic carbocycles. The van der Waals surface area contributed by atoms with Crippen molar-refractivity contribution in [2.24, 2.45) is 16.8 Å². The summed E-state index contributed by atoms with van der Waals surface area (Å²) in [7, 11) is 1.87. The molecule has 4 fully saturated rings. The summed E-state index contributed by atoms with van der Waals surface area (Å²) in [5, 5.41) is 3.61. The summed E-state index contributed by atoms with van der Waals surface area (Å²) in [6, 6.07) is 7.01. The number of ether oxygens (including phenoxy) is 1. The van der Waals surface area contributed by atoms with Crippen molar-refractivity contribution in [1.82, 2.24) is 10.2 Å². The smallest absolute Gasteiger partial charge is 0.193 e. The van der Waals surface area contributed by atoms with Gasteiger partial charge in [-0.2, -0.15) is 0 Å². The van der Waals surface area contributed by atoms with Gasteiger partial charge in [0.1, 0.15) is 5.82 Å². The third kappa shape index (κ3) is 2.55. The Labute approximate surface area is 148 Å². The van der Waals surface area contributed by atoms with Crippen LogP contribution in [0.1, 0.15) is 31.2 Å². The Balaban J connectivity index is 1.24. The minimum Gasteiger partial charge on any atom is -0.374 e. The fourth-order valence-electron chi connectivity index (χ4n) is 5.24. The molecule has 0 spiro atoms. The number of likely N-dealkylation sites (tertiary alicyclic amines) is 1. The first-order valence-electron chi connectivity index (χ1n) is 9.56. The van der Waals surface area contributed by atoms with E-state index in [1.807, 2.05) is 19.2 Å². The minimum atomic E-state index is -0.163. The Hall–Kier alpha value is -1.62. The highest BCUT2D eigenvalue weighted by atomic mass is 19.1. The van der Waals surface area contributed by atoms with Crippen LogP contribution in [0.5, 0.6) is 0 Å². The summed E-state index contributed by atoms with van der Waals surface area (Å²) in [6.07, 6.45) is 5.75. The van der Waals surface area contributed by atoms with Gasteiger partial charge in [-0.1, -0.05) is 12.1 Å². The third-order valence-electron chi connectivity index (χ3n) is 6.86. The average molecular weight is 343 g/mol. The molecule has 1 saturated carbocycles. The second-order valence-corrected chi connectivity index (χ2v) is 8.21. The molecule has 134 valence electrons. The largest absolute Gasteiger partial charge is 0.374 e. The standard InChI is InChI=1S/C20H26FN3O/c1-22-19(24-10-15-16(11-24)18-7-6-17(15)25-18)23-12-20(8-9-20)13-2-4-14(21)5-3-13/h2-5,15-18H,6-12H2,1H3,(H,22,23). The number of hydrogen-bond donors (Lipinski definition) is 1. The molecule has 3 heterocycles. The lowest BCUT2D eigenvalue weighted by molar-refractivity contribution is 0.0767. The van der Waals surface area contributed by atoms with Crippen LogP contribution in [0.2, 0.25) is 0 Å². The van der Waals surface area contributed by atoms with Gasteiger partial charge in [-0.25, -0.2) is 4.39 Å². The highest BCUT2D eigenvalue weighted by Crippen LogP contribution is 2.48. The van der Waals surface area contributed by atoms with Gasteiger partial charge in [0.15, 0.2) is 5.96 Å². The van der Waals surface area contributed by atoms with Crippen molar-refractivity contribution in [2.45, 2.75) is 43.3 Å². The highest BCUT2D eigenvalue weighted by Gasteiger charge is 2.53. The van der Waals surface area contributed by atoms with E-state index in [9.17, 15) is 4.39 Å². The summed E-state index contributed by atoms with van der Waals surface area (Å²) in [4.78, 5) is 6.96. The molecule has 3 saturated heterocycles. The maximum atomic E-state index is 13.2. The lowest BCUT2D eigenvalue weighted by atomic mass is 9.82. The predicted molar refractivity (Wildman–Crippen MR) is 95.1 cm³/mol. The molecule has 1 N–H and O–H groups in total. The molecule has 2 bridgehead atoms. The van der Waals surface area contributed by atoms with Crippen molar-refractivity contribution >= 4 is 5.96 Å². The molecule has 3 aliphatic heterocycles.